The van der Waals surface area contributed by atoms with E-state index in [1.54, 1.807) is 7.11 Å². The molecular weight excluding hydrogens is 188 g/mol. The van der Waals surface area contributed by atoms with E-state index >= 15 is 0 Å². The lowest BCUT2D eigenvalue weighted by Gasteiger charge is -2.25. The van der Waals surface area contributed by atoms with Gasteiger partial charge in [0, 0.05) is 24.7 Å². The maximum absolute atomic E-state index is 5.54. The number of likely N-dealkylation sites (N-methyl/N-ethyl adjacent to an activating group) is 1. The van der Waals surface area contributed by atoms with Crippen LogP contribution in [0.15, 0.2) is 24.3 Å². The van der Waals surface area contributed by atoms with Crippen molar-refractivity contribution in [1.82, 2.24) is 4.90 Å². The molecular formula is C12H20N2O. The molecule has 0 aliphatic heterocycles. The van der Waals surface area contributed by atoms with Crippen molar-refractivity contribution >= 4 is 0 Å². The van der Waals surface area contributed by atoms with Crippen molar-refractivity contribution in [3.8, 4) is 5.75 Å². The largest absolute Gasteiger partial charge is 0.496 e. The number of rotatable bonds is 5. The van der Waals surface area contributed by atoms with Crippen LogP contribution in [0.25, 0.3) is 0 Å². The van der Waals surface area contributed by atoms with Crippen molar-refractivity contribution in [3.63, 3.8) is 0 Å². The lowest BCUT2D eigenvalue weighted by Crippen LogP contribution is -2.28. The maximum atomic E-state index is 5.54. The standard InChI is InChI=1S/C12H20N2O/c1-10(14(2)9-8-13)11-6-4-5-7-12(11)15-3/h4-7,10H,8-9,13H2,1-3H3. The predicted molar refractivity (Wildman–Crippen MR) is 63.1 cm³/mol. The van der Waals surface area contributed by atoms with Gasteiger partial charge in [-0.05, 0) is 20.0 Å². The Morgan fingerprint density at radius 3 is 2.67 bits per heavy atom. The van der Waals surface area contributed by atoms with Crippen LogP contribution in [0.3, 0.4) is 0 Å². The Morgan fingerprint density at radius 1 is 1.40 bits per heavy atom. The number of benzene rings is 1. The molecule has 0 aromatic heterocycles. The van der Waals surface area contributed by atoms with Crippen molar-refractivity contribution in [1.29, 1.82) is 0 Å². The van der Waals surface area contributed by atoms with Crippen LogP contribution in [0.2, 0.25) is 0 Å². The Kier molecular flexibility index (Phi) is 4.59. The summed E-state index contributed by atoms with van der Waals surface area (Å²) in [5.74, 6) is 0.939. The lowest BCUT2D eigenvalue weighted by atomic mass is 10.1. The van der Waals surface area contributed by atoms with Crippen LogP contribution in [-0.4, -0.2) is 32.1 Å². The zero-order valence-electron chi connectivity index (χ0n) is 9.73. The molecule has 0 radical (unpaired) electrons. The van der Waals surface area contributed by atoms with Gasteiger partial charge in [0.15, 0.2) is 0 Å². The smallest absolute Gasteiger partial charge is 0.123 e. The molecule has 0 bridgehead atoms. The van der Waals surface area contributed by atoms with Crippen molar-refractivity contribution in [3.05, 3.63) is 29.8 Å². The second-order valence-corrected chi connectivity index (χ2v) is 3.69. The summed E-state index contributed by atoms with van der Waals surface area (Å²) < 4.78 is 5.34. The average molecular weight is 208 g/mol. The molecule has 0 saturated heterocycles. The molecule has 1 aromatic carbocycles. The van der Waals surface area contributed by atoms with Crippen LogP contribution in [0.5, 0.6) is 5.75 Å². The van der Waals surface area contributed by atoms with E-state index < -0.39 is 0 Å². The Labute approximate surface area is 91.8 Å². The number of nitrogens with zero attached hydrogens (tertiary/aromatic N) is 1. The van der Waals surface area contributed by atoms with Crippen LogP contribution in [-0.2, 0) is 0 Å². The third kappa shape index (κ3) is 2.94. The van der Waals surface area contributed by atoms with Gasteiger partial charge in [0.2, 0.25) is 0 Å². The molecule has 0 heterocycles. The van der Waals surface area contributed by atoms with Gasteiger partial charge in [-0.3, -0.25) is 4.90 Å². The number of nitrogens with two attached hydrogens (primary N) is 1. The van der Waals surface area contributed by atoms with E-state index in [2.05, 4.69) is 24.9 Å². The van der Waals surface area contributed by atoms with Gasteiger partial charge in [0.1, 0.15) is 5.75 Å². The van der Waals surface area contributed by atoms with Gasteiger partial charge in [-0.25, -0.2) is 0 Å². The molecule has 3 nitrogen and oxygen atoms in total. The summed E-state index contributed by atoms with van der Waals surface area (Å²) in [5.41, 5.74) is 6.75. The van der Waals surface area contributed by atoms with Crippen molar-refractivity contribution < 1.29 is 4.74 Å². The van der Waals surface area contributed by atoms with Crippen LogP contribution in [0.1, 0.15) is 18.5 Å². The monoisotopic (exact) mass is 208 g/mol. The summed E-state index contributed by atoms with van der Waals surface area (Å²) >= 11 is 0. The molecule has 1 atom stereocenters. The van der Waals surface area contributed by atoms with Crippen molar-refractivity contribution in [2.45, 2.75) is 13.0 Å². The highest BCUT2D eigenvalue weighted by atomic mass is 16.5. The Balaban J connectivity index is 2.84. The van der Waals surface area contributed by atoms with E-state index in [1.807, 2.05) is 18.2 Å². The van der Waals surface area contributed by atoms with Crippen LogP contribution in [0, 0.1) is 0 Å². The summed E-state index contributed by atoms with van der Waals surface area (Å²) in [6, 6.07) is 8.42. The molecule has 0 aliphatic rings. The minimum Gasteiger partial charge on any atom is -0.496 e. The second-order valence-electron chi connectivity index (χ2n) is 3.69. The number of para-hydroxylation sites is 1. The highest BCUT2D eigenvalue weighted by molar-refractivity contribution is 5.35. The molecule has 1 unspecified atom stereocenters. The molecule has 84 valence electrons. The summed E-state index contributed by atoms with van der Waals surface area (Å²) in [5, 5.41) is 0. The molecule has 1 aromatic rings. The van der Waals surface area contributed by atoms with E-state index in [9.17, 15) is 0 Å². The summed E-state index contributed by atoms with van der Waals surface area (Å²) in [6.07, 6.45) is 0. The zero-order chi connectivity index (χ0) is 11.3. The predicted octanol–water partition coefficient (Wildman–Crippen LogP) is 1.65. The molecule has 0 amide bonds. The molecule has 3 heteroatoms. The quantitative estimate of drug-likeness (QED) is 0.799. The van der Waals surface area contributed by atoms with Gasteiger partial charge in [-0.15, -0.1) is 0 Å². The van der Waals surface area contributed by atoms with Gasteiger partial charge < -0.3 is 10.5 Å². The molecule has 15 heavy (non-hydrogen) atoms. The Bertz CT molecular complexity index is 301. The Hall–Kier alpha value is -1.06. The third-order valence-corrected chi connectivity index (χ3v) is 2.73. The van der Waals surface area contributed by atoms with E-state index in [-0.39, 0.29) is 0 Å². The molecule has 2 N–H and O–H groups in total. The topological polar surface area (TPSA) is 38.5 Å². The van der Waals surface area contributed by atoms with Crippen molar-refractivity contribution in [2.75, 3.05) is 27.2 Å². The van der Waals surface area contributed by atoms with Gasteiger partial charge in [-0.2, -0.15) is 0 Å². The fourth-order valence-corrected chi connectivity index (χ4v) is 1.65. The summed E-state index contributed by atoms with van der Waals surface area (Å²) in [6.45, 7) is 3.72. The number of hydrogen-bond donors (Lipinski definition) is 1. The summed E-state index contributed by atoms with van der Waals surface area (Å²) in [7, 11) is 3.78. The Morgan fingerprint density at radius 2 is 2.07 bits per heavy atom. The fourth-order valence-electron chi connectivity index (χ4n) is 1.65. The van der Waals surface area contributed by atoms with Crippen LogP contribution < -0.4 is 10.5 Å². The van der Waals surface area contributed by atoms with E-state index in [4.69, 9.17) is 10.5 Å². The molecule has 0 saturated carbocycles. The van der Waals surface area contributed by atoms with Crippen molar-refractivity contribution in [2.24, 2.45) is 5.73 Å². The maximum Gasteiger partial charge on any atom is 0.123 e. The molecule has 0 fully saturated rings. The van der Waals surface area contributed by atoms with Crippen LogP contribution >= 0.6 is 0 Å². The first kappa shape index (κ1) is 12.0. The van der Waals surface area contributed by atoms with Gasteiger partial charge in [0.25, 0.3) is 0 Å². The second kappa shape index (κ2) is 5.73. The van der Waals surface area contributed by atoms with Gasteiger partial charge >= 0.3 is 0 Å². The zero-order valence-corrected chi connectivity index (χ0v) is 9.73. The highest BCUT2D eigenvalue weighted by Gasteiger charge is 2.14. The van der Waals surface area contributed by atoms with E-state index in [0.717, 1.165) is 12.3 Å². The van der Waals surface area contributed by atoms with Gasteiger partial charge in [-0.1, -0.05) is 18.2 Å². The average Bonchev–Trinajstić information content (AvgIpc) is 2.28. The lowest BCUT2D eigenvalue weighted by molar-refractivity contribution is 0.262. The third-order valence-electron chi connectivity index (χ3n) is 2.73. The van der Waals surface area contributed by atoms with Gasteiger partial charge in [0.05, 0.1) is 7.11 Å². The SMILES string of the molecule is COc1ccccc1C(C)N(C)CCN. The summed E-state index contributed by atoms with van der Waals surface area (Å²) in [4.78, 5) is 2.22. The van der Waals surface area contributed by atoms with E-state index in [0.29, 0.717) is 12.6 Å². The number of hydrogen-bond acceptors (Lipinski definition) is 3. The highest BCUT2D eigenvalue weighted by Crippen LogP contribution is 2.27. The molecule has 1 rings (SSSR count). The first-order valence-corrected chi connectivity index (χ1v) is 5.24. The van der Waals surface area contributed by atoms with Crippen LogP contribution in [0.4, 0.5) is 0 Å². The first-order chi connectivity index (χ1) is 7.20. The van der Waals surface area contributed by atoms with E-state index in [1.165, 1.54) is 5.56 Å². The molecule has 0 spiro atoms. The molecule has 0 aliphatic carbocycles. The normalized spacial score (nSPS) is 12.9. The number of ether oxygens (including phenoxy) is 1. The number of methoxy groups -OCH3 is 1. The fraction of sp³-hybridized carbons (Fsp3) is 0.500. The minimum atomic E-state index is 0.324. The minimum absolute atomic E-state index is 0.324. The first-order valence-electron chi connectivity index (χ1n) is 5.24.